The number of anilines is 1. The van der Waals surface area contributed by atoms with Gasteiger partial charge in [0.25, 0.3) is 0 Å². The molecule has 0 aromatic carbocycles. The Morgan fingerprint density at radius 1 is 1.52 bits per heavy atom. The molecule has 0 aliphatic carbocycles. The first kappa shape index (κ1) is 15.3. The maximum atomic E-state index is 12.2. The van der Waals surface area contributed by atoms with E-state index >= 15 is 0 Å². The van der Waals surface area contributed by atoms with Gasteiger partial charge in [-0.3, -0.25) is 9.48 Å². The standard InChI is InChI=1S/C14H22N4O3/c1-4-14(12(19)20)5-6-17(9-14)13(21)16-11-7-15-18(8-11)10(2)3/h7-8,10H,4-6,9H2,1-3H3,(H,16,21)(H,19,20). The molecular weight excluding hydrogens is 272 g/mol. The molecule has 1 saturated heterocycles. The highest BCUT2D eigenvalue weighted by molar-refractivity contribution is 5.90. The van der Waals surface area contributed by atoms with Crippen LogP contribution in [0.25, 0.3) is 0 Å². The van der Waals surface area contributed by atoms with E-state index in [0.717, 1.165) is 0 Å². The molecule has 21 heavy (non-hydrogen) atoms. The zero-order valence-electron chi connectivity index (χ0n) is 12.7. The van der Waals surface area contributed by atoms with Crippen molar-refractivity contribution in [3.63, 3.8) is 0 Å². The molecule has 1 atom stereocenters. The van der Waals surface area contributed by atoms with Gasteiger partial charge in [0, 0.05) is 25.3 Å². The summed E-state index contributed by atoms with van der Waals surface area (Å²) >= 11 is 0. The van der Waals surface area contributed by atoms with E-state index in [1.807, 2.05) is 20.8 Å². The molecular formula is C14H22N4O3. The van der Waals surface area contributed by atoms with Crippen LogP contribution in [0.4, 0.5) is 10.5 Å². The molecule has 1 aliphatic rings. The third kappa shape index (κ3) is 3.01. The van der Waals surface area contributed by atoms with Crippen LogP contribution >= 0.6 is 0 Å². The molecule has 2 amide bonds. The van der Waals surface area contributed by atoms with Crippen molar-refractivity contribution < 1.29 is 14.7 Å². The number of carbonyl (C=O) groups is 2. The topological polar surface area (TPSA) is 87.5 Å². The highest BCUT2D eigenvalue weighted by Crippen LogP contribution is 2.34. The molecule has 2 heterocycles. The number of hydrogen-bond donors (Lipinski definition) is 2. The van der Waals surface area contributed by atoms with Gasteiger partial charge in [-0.2, -0.15) is 5.10 Å². The van der Waals surface area contributed by atoms with Crippen molar-refractivity contribution >= 4 is 17.7 Å². The number of aromatic nitrogens is 2. The molecule has 116 valence electrons. The molecule has 7 heteroatoms. The van der Waals surface area contributed by atoms with Crippen molar-refractivity contribution in [3.8, 4) is 0 Å². The van der Waals surface area contributed by atoms with Crippen molar-refractivity contribution in [1.29, 1.82) is 0 Å². The van der Waals surface area contributed by atoms with Gasteiger partial charge in [0.15, 0.2) is 0 Å². The molecule has 1 aromatic heterocycles. The summed E-state index contributed by atoms with van der Waals surface area (Å²) in [4.78, 5) is 25.2. The summed E-state index contributed by atoms with van der Waals surface area (Å²) < 4.78 is 1.76. The van der Waals surface area contributed by atoms with E-state index < -0.39 is 11.4 Å². The second kappa shape index (κ2) is 5.75. The van der Waals surface area contributed by atoms with Crippen LogP contribution in [0.15, 0.2) is 12.4 Å². The van der Waals surface area contributed by atoms with Crippen molar-refractivity contribution in [3.05, 3.63) is 12.4 Å². The summed E-state index contributed by atoms with van der Waals surface area (Å²) in [5, 5.41) is 16.3. The van der Waals surface area contributed by atoms with E-state index in [1.165, 1.54) is 0 Å². The molecule has 1 aliphatic heterocycles. The fourth-order valence-electron chi connectivity index (χ4n) is 2.55. The highest BCUT2D eigenvalue weighted by atomic mass is 16.4. The zero-order valence-corrected chi connectivity index (χ0v) is 12.7. The van der Waals surface area contributed by atoms with Gasteiger partial charge < -0.3 is 15.3 Å². The number of likely N-dealkylation sites (tertiary alicyclic amines) is 1. The minimum atomic E-state index is -0.826. The van der Waals surface area contributed by atoms with Gasteiger partial charge in [-0.15, -0.1) is 0 Å². The lowest BCUT2D eigenvalue weighted by molar-refractivity contribution is -0.148. The number of aliphatic carboxylic acids is 1. The largest absolute Gasteiger partial charge is 0.481 e. The average Bonchev–Trinajstić information content (AvgIpc) is 3.05. The monoisotopic (exact) mass is 294 g/mol. The summed E-state index contributed by atoms with van der Waals surface area (Å²) in [5.41, 5.74) is -0.183. The number of amides is 2. The minimum Gasteiger partial charge on any atom is -0.481 e. The number of carboxylic acids is 1. The van der Waals surface area contributed by atoms with E-state index in [9.17, 15) is 14.7 Å². The van der Waals surface area contributed by atoms with Crippen LogP contribution in [0, 0.1) is 5.41 Å². The van der Waals surface area contributed by atoms with Gasteiger partial charge in [0.2, 0.25) is 0 Å². The third-order valence-corrected chi connectivity index (χ3v) is 4.15. The van der Waals surface area contributed by atoms with Gasteiger partial charge in [-0.25, -0.2) is 4.79 Å². The number of nitrogens with zero attached hydrogens (tertiary/aromatic N) is 3. The first-order chi connectivity index (χ1) is 9.88. The Bertz CT molecular complexity index is 540. The van der Waals surface area contributed by atoms with Crippen LogP contribution < -0.4 is 5.32 Å². The molecule has 1 unspecified atom stereocenters. The highest BCUT2D eigenvalue weighted by Gasteiger charge is 2.44. The summed E-state index contributed by atoms with van der Waals surface area (Å²) in [6.45, 7) is 6.57. The Labute approximate surface area is 123 Å². The van der Waals surface area contributed by atoms with E-state index in [4.69, 9.17) is 0 Å². The van der Waals surface area contributed by atoms with Gasteiger partial charge in [-0.1, -0.05) is 6.92 Å². The van der Waals surface area contributed by atoms with Crippen LogP contribution in [0.2, 0.25) is 0 Å². The predicted octanol–water partition coefficient (Wildman–Crippen LogP) is 2.18. The first-order valence-electron chi connectivity index (χ1n) is 7.21. The van der Waals surface area contributed by atoms with E-state index in [0.29, 0.717) is 25.1 Å². The maximum absolute atomic E-state index is 12.2. The molecule has 2 N–H and O–H groups in total. The molecule has 0 spiro atoms. The molecule has 0 saturated carbocycles. The molecule has 2 rings (SSSR count). The minimum absolute atomic E-state index is 0.224. The fraction of sp³-hybridized carbons (Fsp3) is 0.643. The summed E-state index contributed by atoms with van der Waals surface area (Å²) in [5.74, 6) is -0.826. The fourth-order valence-corrected chi connectivity index (χ4v) is 2.55. The van der Waals surface area contributed by atoms with E-state index in [1.54, 1.807) is 22.0 Å². The van der Waals surface area contributed by atoms with Gasteiger partial charge >= 0.3 is 12.0 Å². The summed E-state index contributed by atoms with van der Waals surface area (Å²) in [6, 6.07) is -0.0444. The van der Waals surface area contributed by atoms with E-state index in [-0.39, 0.29) is 18.6 Å². The van der Waals surface area contributed by atoms with Crippen molar-refractivity contribution in [1.82, 2.24) is 14.7 Å². The van der Waals surface area contributed by atoms with E-state index in [2.05, 4.69) is 10.4 Å². The molecule has 0 bridgehead atoms. The van der Waals surface area contributed by atoms with Gasteiger partial charge in [0.1, 0.15) is 0 Å². The zero-order chi connectivity index (χ0) is 15.6. The number of rotatable bonds is 4. The number of urea groups is 1. The number of carbonyl (C=O) groups excluding carboxylic acids is 1. The Balaban J connectivity index is 2.00. The Morgan fingerprint density at radius 3 is 2.71 bits per heavy atom. The maximum Gasteiger partial charge on any atom is 0.321 e. The second-order valence-corrected chi connectivity index (χ2v) is 5.84. The van der Waals surface area contributed by atoms with Crippen molar-refractivity contribution in [2.75, 3.05) is 18.4 Å². The van der Waals surface area contributed by atoms with Crippen LogP contribution in [-0.4, -0.2) is 44.9 Å². The lowest BCUT2D eigenvalue weighted by atomic mass is 9.84. The van der Waals surface area contributed by atoms with Crippen LogP contribution in [0.5, 0.6) is 0 Å². The number of hydrogen-bond acceptors (Lipinski definition) is 3. The predicted molar refractivity (Wildman–Crippen MR) is 78.2 cm³/mol. The third-order valence-electron chi connectivity index (χ3n) is 4.15. The average molecular weight is 294 g/mol. The van der Waals surface area contributed by atoms with Crippen molar-refractivity contribution in [2.24, 2.45) is 5.41 Å². The van der Waals surface area contributed by atoms with Gasteiger partial charge in [-0.05, 0) is 26.7 Å². The van der Waals surface area contributed by atoms with Crippen molar-refractivity contribution in [2.45, 2.75) is 39.7 Å². The van der Waals surface area contributed by atoms with Gasteiger partial charge in [0.05, 0.1) is 17.3 Å². The normalized spacial score (nSPS) is 21.8. The quantitative estimate of drug-likeness (QED) is 0.891. The number of carboxylic acid groups (broad SMARTS) is 1. The summed E-state index contributed by atoms with van der Waals surface area (Å²) in [6.07, 6.45) is 4.38. The first-order valence-corrected chi connectivity index (χ1v) is 7.21. The summed E-state index contributed by atoms with van der Waals surface area (Å²) in [7, 11) is 0. The molecule has 7 nitrogen and oxygen atoms in total. The lowest BCUT2D eigenvalue weighted by Crippen LogP contribution is -2.38. The van der Waals surface area contributed by atoms with Crippen LogP contribution in [-0.2, 0) is 4.79 Å². The molecule has 1 fully saturated rings. The molecule has 0 radical (unpaired) electrons. The Morgan fingerprint density at radius 2 is 2.24 bits per heavy atom. The Hall–Kier alpha value is -2.05. The number of nitrogens with one attached hydrogen (secondary N) is 1. The lowest BCUT2D eigenvalue weighted by Gasteiger charge is -2.23. The second-order valence-electron chi connectivity index (χ2n) is 5.84. The Kier molecular flexibility index (Phi) is 4.20. The van der Waals surface area contributed by atoms with Crippen LogP contribution in [0.3, 0.4) is 0 Å². The SMILES string of the molecule is CCC1(C(=O)O)CCN(C(=O)Nc2cnn(C(C)C)c2)C1. The van der Waals surface area contributed by atoms with Crippen LogP contribution in [0.1, 0.15) is 39.7 Å². The molecule has 1 aromatic rings. The smallest absolute Gasteiger partial charge is 0.321 e.